The molecular weight excluding hydrogens is 381 g/mol. The number of likely N-dealkylation sites (tertiary alicyclic amines) is 1. The summed E-state index contributed by atoms with van der Waals surface area (Å²) in [6, 6.07) is 13.0. The van der Waals surface area contributed by atoms with E-state index in [1.54, 1.807) is 19.2 Å². The van der Waals surface area contributed by atoms with E-state index in [-0.39, 0.29) is 24.3 Å². The molecule has 0 bridgehead atoms. The van der Waals surface area contributed by atoms with E-state index in [1.807, 2.05) is 31.3 Å². The summed E-state index contributed by atoms with van der Waals surface area (Å²) in [5.74, 6) is 1.31. The molecule has 2 aromatic carbocycles. The van der Waals surface area contributed by atoms with Gasteiger partial charge in [-0.05, 0) is 74.2 Å². The van der Waals surface area contributed by atoms with Gasteiger partial charge >= 0.3 is 0 Å². The van der Waals surface area contributed by atoms with Gasteiger partial charge in [0.1, 0.15) is 17.3 Å². The molecule has 0 spiro atoms. The first-order chi connectivity index (χ1) is 13.0. The Bertz CT molecular complexity index is 758. The van der Waals surface area contributed by atoms with Crippen molar-refractivity contribution in [1.82, 2.24) is 4.90 Å². The van der Waals surface area contributed by atoms with Crippen molar-refractivity contribution in [3.05, 3.63) is 59.4 Å². The highest BCUT2D eigenvalue weighted by molar-refractivity contribution is 5.85. The molecule has 1 fully saturated rings. The lowest BCUT2D eigenvalue weighted by Crippen LogP contribution is -2.26. The highest BCUT2D eigenvalue weighted by atomic mass is 35.5. The number of halogens is 2. The number of likely N-dealkylation sites (N-methyl/N-ethyl adjacent to an activating group) is 1. The molecule has 1 aliphatic rings. The fraction of sp³-hybridized carbons (Fsp3) is 0.455. The van der Waals surface area contributed by atoms with Gasteiger partial charge in [0, 0.05) is 12.6 Å². The topological polar surface area (TPSA) is 41.9 Å². The van der Waals surface area contributed by atoms with Crippen LogP contribution in [-0.2, 0) is 12.8 Å². The summed E-state index contributed by atoms with van der Waals surface area (Å²) in [5, 5.41) is 9.74. The first kappa shape index (κ1) is 22.5. The maximum atomic E-state index is 13.7. The Morgan fingerprint density at radius 1 is 1.18 bits per heavy atom. The predicted molar refractivity (Wildman–Crippen MR) is 111 cm³/mol. The van der Waals surface area contributed by atoms with E-state index in [4.69, 9.17) is 9.47 Å². The second kappa shape index (κ2) is 10.6. The molecule has 0 unspecified atom stereocenters. The standard InChI is InChI=1S/C22H28FNO3.ClH/c1-24-15-20(25)14-19(24)10-11-27-22-9-8-18(23)13-17(22)7-6-16-4-3-5-21(12-16)26-2;/h3-5,8-9,12-13,19-20,25H,6-7,10-11,14-15H2,1-2H3;1H/t19-,20-;/m1./s1. The summed E-state index contributed by atoms with van der Waals surface area (Å²) < 4.78 is 25.0. The number of hydrogen-bond acceptors (Lipinski definition) is 4. The average molecular weight is 410 g/mol. The second-order valence-corrected chi connectivity index (χ2v) is 7.22. The molecule has 3 rings (SSSR count). The molecule has 2 atom stereocenters. The van der Waals surface area contributed by atoms with Crippen molar-refractivity contribution in [1.29, 1.82) is 0 Å². The maximum absolute atomic E-state index is 13.7. The van der Waals surface area contributed by atoms with Crippen molar-refractivity contribution in [2.75, 3.05) is 27.3 Å². The van der Waals surface area contributed by atoms with E-state index in [2.05, 4.69) is 4.90 Å². The molecule has 0 aromatic heterocycles. The van der Waals surface area contributed by atoms with Crippen LogP contribution in [-0.4, -0.2) is 49.5 Å². The Hall–Kier alpha value is -1.82. The fourth-order valence-corrected chi connectivity index (χ4v) is 3.68. The van der Waals surface area contributed by atoms with Crippen molar-refractivity contribution in [3.8, 4) is 11.5 Å². The number of hydrogen-bond donors (Lipinski definition) is 1. The van der Waals surface area contributed by atoms with Gasteiger partial charge in [-0.1, -0.05) is 12.1 Å². The summed E-state index contributed by atoms with van der Waals surface area (Å²) >= 11 is 0. The van der Waals surface area contributed by atoms with Gasteiger partial charge in [-0.25, -0.2) is 4.39 Å². The lowest BCUT2D eigenvalue weighted by Gasteiger charge is -2.19. The molecule has 154 valence electrons. The molecule has 0 aliphatic carbocycles. The number of methoxy groups -OCH3 is 1. The lowest BCUT2D eigenvalue weighted by atomic mass is 10.0. The van der Waals surface area contributed by atoms with Gasteiger partial charge in [-0.15, -0.1) is 12.4 Å². The SMILES string of the molecule is COc1cccc(CCc2cc(F)ccc2OCC[C@@H]2C[C@@H](O)CN2C)c1.Cl. The van der Waals surface area contributed by atoms with Crippen LogP contribution < -0.4 is 9.47 Å². The monoisotopic (exact) mass is 409 g/mol. The zero-order valence-electron chi connectivity index (χ0n) is 16.4. The minimum Gasteiger partial charge on any atom is -0.497 e. The number of β-amino-alcohol motifs (C(OH)–C–C–N with tert-alkyl or cyclic N) is 1. The fourth-order valence-electron chi connectivity index (χ4n) is 3.68. The van der Waals surface area contributed by atoms with Crippen LogP contribution in [0.5, 0.6) is 11.5 Å². The van der Waals surface area contributed by atoms with Gasteiger partial charge < -0.3 is 19.5 Å². The molecule has 28 heavy (non-hydrogen) atoms. The largest absolute Gasteiger partial charge is 0.497 e. The van der Waals surface area contributed by atoms with Crippen LogP contribution in [0.25, 0.3) is 0 Å². The highest BCUT2D eigenvalue weighted by Gasteiger charge is 2.27. The number of benzene rings is 2. The summed E-state index contributed by atoms with van der Waals surface area (Å²) in [7, 11) is 3.68. The Kier molecular flexibility index (Phi) is 8.55. The van der Waals surface area contributed by atoms with Crippen LogP contribution in [0.1, 0.15) is 24.0 Å². The van der Waals surface area contributed by atoms with E-state index in [0.29, 0.717) is 25.6 Å². The molecule has 1 saturated heterocycles. The third-order valence-corrected chi connectivity index (χ3v) is 5.21. The van der Waals surface area contributed by atoms with Gasteiger partial charge in [-0.2, -0.15) is 0 Å². The Morgan fingerprint density at radius 2 is 2.00 bits per heavy atom. The maximum Gasteiger partial charge on any atom is 0.123 e. The number of aryl methyl sites for hydroxylation is 2. The van der Waals surface area contributed by atoms with Crippen LogP contribution in [0.15, 0.2) is 42.5 Å². The quantitative estimate of drug-likeness (QED) is 0.718. The van der Waals surface area contributed by atoms with Gasteiger partial charge in [0.25, 0.3) is 0 Å². The van der Waals surface area contributed by atoms with Crippen LogP contribution in [0, 0.1) is 5.82 Å². The van der Waals surface area contributed by atoms with E-state index in [9.17, 15) is 9.50 Å². The zero-order valence-corrected chi connectivity index (χ0v) is 17.3. The van der Waals surface area contributed by atoms with Gasteiger partial charge in [0.05, 0.1) is 19.8 Å². The molecule has 6 heteroatoms. The van der Waals surface area contributed by atoms with Crippen molar-refractivity contribution < 1.29 is 19.0 Å². The summed E-state index contributed by atoms with van der Waals surface area (Å²) in [6.45, 7) is 1.27. The second-order valence-electron chi connectivity index (χ2n) is 7.22. The molecule has 0 amide bonds. The van der Waals surface area contributed by atoms with Crippen LogP contribution in [0.3, 0.4) is 0 Å². The predicted octanol–water partition coefficient (Wildman–Crippen LogP) is 3.88. The van der Waals surface area contributed by atoms with Crippen molar-refractivity contribution in [3.63, 3.8) is 0 Å². The number of aliphatic hydroxyl groups excluding tert-OH is 1. The molecule has 4 nitrogen and oxygen atoms in total. The molecule has 2 aromatic rings. The third-order valence-electron chi connectivity index (χ3n) is 5.21. The van der Waals surface area contributed by atoms with E-state index in [0.717, 1.165) is 41.9 Å². The lowest BCUT2D eigenvalue weighted by molar-refractivity contribution is 0.182. The smallest absolute Gasteiger partial charge is 0.123 e. The first-order valence-electron chi connectivity index (χ1n) is 9.47. The van der Waals surface area contributed by atoms with Crippen molar-refractivity contribution >= 4 is 12.4 Å². The van der Waals surface area contributed by atoms with Crippen molar-refractivity contribution in [2.45, 2.75) is 37.8 Å². The first-order valence-corrected chi connectivity index (χ1v) is 9.47. The summed E-state index contributed by atoms with van der Waals surface area (Å²) in [5.41, 5.74) is 2.02. The molecule has 1 aliphatic heterocycles. The highest BCUT2D eigenvalue weighted by Crippen LogP contribution is 2.24. The Balaban J connectivity index is 0.00000280. The Morgan fingerprint density at radius 3 is 2.71 bits per heavy atom. The molecule has 0 saturated carbocycles. The average Bonchev–Trinajstić information content (AvgIpc) is 2.99. The number of ether oxygens (including phenoxy) is 2. The van der Waals surface area contributed by atoms with Gasteiger partial charge in [-0.3, -0.25) is 0 Å². The van der Waals surface area contributed by atoms with Gasteiger partial charge in [0.2, 0.25) is 0 Å². The normalized spacial score (nSPS) is 19.3. The molecule has 0 radical (unpaired) electrons. The number of aliphatic hydroxyl groups is 1. The summed E-state index contributed by atoms with van der Waals surface area (Å²) in [6.07, 6.45) is 2.87. The van der Waals surface area contributed by atoms with E-state index < -0.39 is 0 Å². The third kappa shape index (κ3) is 6.09. The number of rotatable bonds is 8. The van der Waals surface area contributed by atoms with Crippen molar-refractivity contribution in [2.24, 2.45) is 0 Å². The number of nitrogens with zero attached hydrogens (tertiary/aromatic N) is 1. The molecule has 1 heterocycles. The molecule has 1 N–H and O–H groups in total. The van der Waals surface area contributed by atoms with E-state index in [1.165, 1.54) is 6.07 Å². The molecular formula is C22H29ClFNO3. The van der Waals surface area contributed by atoms with Crippen LogP contribution in [0.4, 0.5) is 4.39 Å². The van der Waals surface area contributed by atoms with E-state index >= 15 is 0 Å². The van der Waals surface area contributed by atoms with Crippen LogP contribution >= 0.6 is 12.4 Å². The zero-order chi connectivity index (χ0) is 19.2. The summed E-state index contributed by atoms with van der Waals surface area (Å²) in [4.78, 5) is 2.17. The minimum atomic E-state index is -0.248. The van der Waals surface area contributed by atoms with Gasteiger partial charge in [0.15, 0.2) is 0 Å². The minimum absolute atomic E-state index is 0. The van der Waals surface area contributed by atoms with Crippen LogP contribution in [0.2, 0.25) is 0 Å². The Labute approximate surface area is 172 Å².